The van der Waals surface area contributed by atoms with E-state index >= 15 is 0 Å². The van der Waals surface area contributed by atoms with Gasteiger partial charge in [-0.2, -0.15) is 0 Å². The van der Waals surface area contributed by atoms with Crippen LogP contribution in [0.5, 0.6) is 0 Å². The first-order valence-electron chi connectivity index (χ1n) is 6.60. The maximum absolute atomic E-state index is 6.24. The third-order valence-corrected chi connectivity index (χ3v) is 3.75. The zero-order chi connectivity index (χ0) is 13.8. The van der Waals surface area contributed by atoms with Gasteiger partial charge in [0.1, 0.15) is 5.82 Å². The Morgan fingerprint density at radius 2 is 2.21 bits per heavy atom. The molecule has 4 heteroatoms. The van der Waals surface area contributed by atoms with E-state index in [0.717, 1.165) is 29.4 Å². The van der Waals surface area contributed by atoms with E-state index in [-0.39, 0.29) is 6.04 Å². The van der Waals surface area contributed by atoms with E-state index in [1.165, 1.54) is 5.56 Å². The van der Waals surface area contributed by atoms with Gasteiger partial charge in [0.25, 0.3) is 0 Å². The van der Waals surface area contributed by atoms with Crippen molar-refractivity contribution in [3.05, 3.63) is 52.6 Å². The molecule has 1 unspecified atom stereocenters. The summed E-state index contributed by atoms with van der Waals surface area (Å²) < 4.78 is 2.05. The zero-order valence-electron chi connectivity index (χ0n) is 11.7. The van der Waals surface area contributed by atoms with Gasteiger partial charge >= 0.3 is 0 Å². The minimum Gasteiger partial charge on any atom is -0.336 e. The Kier molecular flexibility index (Phi) is 4.61. The highest BCUT2D eigenvalue weighted by Gasteiger charge is 2.19. The molecule has 2 aromatic rings. The van der Waals surface area contributed by atoms with Crippen molar-refractivity contribution in [3.63, 3.8) is 0 Å². The van der Waals surface area contributed by atoms with Crippen LogP contribution in [-0.2, 0) is 7.05 Å². The van der Waals surface area contributed by atoms with E-state index in [1.54, 1.807) is 0 Å². The average Bonchev–Trinajstić information content (AvgIpc) is 2.81. The van der Waals surface area contributed by atoms with Crippen molar-refractivity contribution in [1.82, 2.24) is 14.9 Å². The summed E-state index contributed by atoms with van der Waals surface area (Å²) in [5.74, 6) is 1.01. The molecule has 1 heterocycles. The highest BCUT2D eigenvalue weighted by Crippen LogP contribution is 2.27. The van der Waals surface area contributed by atoms with E-state index in [1.807, 2.05) is 36.1 Å². The van der Waals surface area contributed by atoms with E-state index in [9.17, 15) is 0 Å². The zero-order valence-corrected chi connectivity index (χ0v) is 12.4. The lowest BCUT2D eigenvalue weighted by atomic mass is 10.0. The molecule has 2 rings (SSSR count). The summed E-state index contributed by atoms with van der Waals surface area (Å²) in [5, 5.41) is 4.36. The Morgan fingerprint density at radius 3 is 2.84 bits per heavy atom. The van der Waals surface area contributed by atoms with Gasteiger partial charge in [-0.3, -0.25) is 0 Å². The number of aryl methyl sites for hydroxylation is 1. The van der Waals surface area contributed by atoms with Crippen LogP contribution in [0.1, 0.15) is 36.3 Å². The molecule has 0 aliphatic rings. The van der Waals surface area contributed by atoms with Gasteiger partial charge in [-0.15, -0.1) is 0 Å². The Labute approximate surface area is 119 Å². The van der Waals surface area contributed by atoms with E-state index < -0.39 is 0 Å². The molecule has 1 aromatic heterocycles. The highest BCUT2D eigenvalue weighted by molar-refractivity contribution is 6.31. The number of nitrogens with one attached hydrogen (secondary N) is 1. The first-order valence-corrected chi connectivity index (χ1v) is 6.98. The molecule has 1 atom stereocenters. The second-order valence-corrected chi connectivity index (χ2v) is 5.14. The summed E-state index contributed by atoms with van der Waals surface area (Å²) in [6.07, 6.45) is 4.88. The molecule has 1 aromatic carbocycles. The van der Waals surface area contributed by atoms with Gasteiger partial charge < -0.3 is 9.88 Å². The maximum Gasteiger partial charge on any atom is 0.130 e. The number of halogens is 1. The lowest BCUT2D eigenvalue weighted by Crippen LogP contribution is -2.26. The van der Waals surface area contributed by atoms with Gasteiger partial charge in [-0.1, -0.05) is 30.7 Å². The molecule has 19 heavy (non-hydrogen) atoms. The van der Waals surface area contributed by atoms with Crippen molar-refractivity contribution in [2.75, 3.05) is 6.54 Å². The van der Waals surface area contributed by atoms with Crippen LogP contribution < -0.4 is 5.32 Å². The highest BCUT2D eigenvalue weighted by atomic mass is 35.5. The number of benzene rings is 1. The van der Waals surface area contributed by atoms with Crippen molar-refractivity contribution in [1.29, 1.82) is 0 Å². The van der Waals surface area contributed by atoms with Crippen molar-refractivity contribution in [3.8, 4) is 0 Å². The number of aromatic nitrogens is 2. The molecule has 0 radical (unpaired) electrons. The van der Waals surface area contributed by atoms with Crippen molar-refractivity contribution < 1.29 is 0 Å². The fourth-order valence-corrected chi connectivity index (χ4v) is 2.40. The topological polar surface area (TPSA) is 29.9 Å². The summed E-state index contributed by atoms with van der Waals surface area (Å²) in [7, 11) is 2.02. The molecule has 0 aliphatic heterocycles. The molecule has 0 saturated heterocycles. The van der Waals surface area contributed by atoms with E-state index in [2.05, 4.69) is 30.2 Å². The van der Waals surface area contributed by atoms with Gasteiger partial charge in [0.05, 0.1) is 6.04 Å². The maximum atomic E-state index is 6.24. The predicted molar refractivity (Wildman–Crippen MR) is 79.5 cm³/mol. The monoisotopic (exact) mass is 277 g/mol. The summed E-state index contributed by atoms with van der Waals surface area (Å²) >= 11 is 6.24. The lowest BCUT2D eigenvalue weighted by Gasteiger charge is -2.21. The summed E-state index contributed by atoms with van der Waals surface area (Å²) in [6.45, 7) is 5.16. The van der Waals surface area contributed by atoms with Gasteiger partial charge in [0.2, 0.25) is 0 Å². The van der Waals surface area contributed by atoms with Crippen LogP contribution in [0, 0.1) is 6.92 Å². The van der Waals surface area contributed by atoms with Crippen LogP contribution in [0.25, 0.3) is 0 Å². The number of hydrogen-bond acceptors (Lipinski definition) is 2. The fourth-order valence-electron chi connectivity index (χ4n) is 2.22. The molecule has 102 valence electrons. The Balaban J connectivity index is 2.43. The largest absolute Gasteiger partial charge is 0.336 e. The van der Waals surface area contributed by atoms with E-state index in [0.29, 0.717) is 0 Å². The number of rotatable bonds is 5. The summed E-state index contributed by atoms with van der Waals surface area (Å²) in [4.78, 5) is 4.47. The van der Waals surface area contributed by atoms with Crippen LogP contribution in [0.4, 0.5) is 0 Å². The van der Waals surface area contributed by atoms with Crippen LogP contribution in [0.3, 0.4) is 0 Å². The average molecular weight is 278 g/mol. The van der Waals surface area contributed by atoms with Gasteiger partial charge in [0, 0.05) is 24.5 Å². The first kappa shape index (κ1) is 14.1. The van der Waals surface area contributed by atoms with Gasteiger partial charge in [-0.25, -0.2) is 4.98 Å². The molecular weight excluding hydrogens is 258 g/mol. The first-order chi connectivity index (χ1) is 9.15. The molecule has 0 amide bonds. The Hall–Kier alpha value is -1.32. The molecule has 0 bridgehead atoms. The van der Waals surface area contributed by atoms with Crippen molar-refractivity contribution >= 4 is 11.6 Å². The van der Waals surface area contributed by atoms with Gasteiger partial charge in [-0.05, 0) is 37.1 Å². The number of hydrogen-bond donors (Lipinski definition) is 1. The molecule has 0 fully saturated rings. The molecule has 0 aliphatic carbocycles. The molecule has 3 nitrogen and oxygen atoms in total. The summed E-state index contributed by atoms with van der Waals surface area (Å²) in [6, 6.07) is 6.12. The predicted octanol–water partition coefficient (Wildman–Crippen LogP) is 3.47. The fraction of sp³-hybridized carbons (Fsp3) is 0.400. The SMILES string of the molecule is CCCNC(c1cccc(Cl)c1C)c1nccn1C. The molecule has 1 N–H and O–H groups in total. The quantitative estimate of drug-likeness (QED) is 0.907. The van der Waals surface area contributed by atoms with Crippen LogP contribution in [-0.4, -0.2) is 16.1 Å². The Bertz CT molecular complexity index is 548. The third kappa shape index (κ3) is 2.99. The van der Waals surface area contributed by atoms with Crippen LogP contribution in [0.2, 0.25) is 5.02 Å². The summed E-state index contributed by atoms with van der Waals surface area (Å²) in [5.41, 5.74) is 2.30. The standard InChI is InChI=1S/C15H20ClN3/c1-4-8-17-14(15-18-9-10-19(15)3)12-6-5-7-13(16)11(12)2/h5-7,9-10,14,17H,4,8H2,1-3H3. The van der Waals surface area contributed by atoms with Gasteiger partial charge in [0.15, 0.2) is 0 Å². The molecule has 0 saturated carbocycles. The van der Waals surface area contributed by atoms with Crippen molar-refractivity contribution in [2.24, 2.45) is 7.05 Å². The van der Waals surface area contributed by atoms with Crippen LogP contribution in [0.15, 0.2) is 30.6 Å². The van der Waals surface area contributed by atoms with Crippen LogP contribution >= 0.6 is 11.6 Å². The molecule has 0 spiro atoms. The Morgan fingerprint density at radius 1 is 1.42 bits per heavy atom. The number of nitrogens with zero attached hydrogens (tertiary/aromatic N) is 2. The smallest absolute Gasteiger partial charge is 0.130 e. The molecular formula is C15H20ClN3. The minimum absolute atomic E-state index is 0.0821. The second-order valence-electron chi connectivity index (χ2n) is 4.74. The normalized spacial score (nSPS) is 12.6. The second kappa shape index (κ2) is 6.22. The number of imidazole rings is 1. The van der Waals surface area contributed by atoms with E-state index in [4.69, 9.17) is 11.6 Å². The third-order valence-electron chi connectivity index (χ3n) is 3.34. The lowest BCUT2D eigenvalue weighted by molar-refractivity contribution is 0.553. The van der Waals surface area contributed by atoms with Crippen molar-refractivity contribution in [2.45, 2.75) is 26.3 Å². The minimum atomic E-state index is 0.0821.